The Labute approximate surface area is 165 Å². The van der Waals surface area contributed by atoms with Gasteiger partial charge in [0.15, 0.2) is 0 Å². The Hall–Kier alpha value is -2.54. The van der Waals surface area contributed by atoms with Crippen molar-refractivity contribution < 1.29 is 5.11 Å². The van der Waals surface area contributed by atoms with Crippen LogP contribution in [0, 0.1) is 0 Å². The molecular weight excluding hydrogens is 328 g/mol. The SMILES string of the molecule is CCc1ccc(CC)cc1.CCc1ccc(CC)cc1.Oc1ccccc1. The van der Waals surface area contributed by atoms with Crippen LogP contribution in [-0.4, -0.2) is 5.11 Å². The molecule has 0 heterocycles. The third kappa shape index (κ3) is 9.65. The number of aromatic hydroxyl groups is 1. The van der Waals surface area contributed by atoms with E-state index in [0.717, 1.165) is 25.7 Å². The van der Waals surface area contributed by atoms with Gasteiger partial charge in [0.1, 0.15) is 5.75 Å². The summed E-state index contributed by atoms with van der Waals surface area (Å²) in [4.78, 5) is 0. The second-order valence-corrected chi connectivity index (χ2v) is 6.38. The molecule has 0 aliphatic heterocycles. The van der Waals surface area contributed by atoms with Gasteiger partial charge in [-0.2, -0.15) is 0 Å². The van der Waals surface area contributed by atoms with E-state index in [9.17, 15) is 0 Å². The number of hydrogen-bond acceptors (Lipinski definition) is 1. The molecule has 1 heteroatoms. The zero-order chi connectivity index (χ0) is 19.9. The average Bonchev–Trinajstić information content (AvgIpc) is 2.75. The summed E-state index contributed by atoms with van der Waals surface area (Å²) >= 11 is 0. The molecule has 1 N–H and O–H groups in total. The number of phenolic OH excluding ortho intramolecular Hbond substituents is 1. The fraction of sp³-hybridized carbons (Fsp3) is 0.308. The van der Waals surface area contributed by atoms with Gasteiger partial charge in [-0.05, 0) is 60.1 Å². The van der Waals surface area contributed by atoms with Gasteiger partial charge in [-0.1, -0.05) is 94.4 Å². The number of rotatable bonds is 4. The zero-order valence-corrected chi connectivity index (χ0v) is 17.3. The highest BCUT2D eigenvalue weighted by Gasteiger charge is 1.89. The highest BCUT2D eigenvalue weighted by Crippen LogP contribution is 2.05. The van der Waals surface area contributed by atoms with Crippen molar-refractivity contribution in [1.82, 2.24) is 0 Å². The topological polar surface area (TPSA) is 20.2 Å². The Morgan fingerprint density at radius 2 is 0.704 bits per heavy atom. The number of phenols is 1. The molecule has 1 nitrogen and oxygen atoms in total. The molecular formula is C26H34O. The van der Waals surface area contributed by atoms with Crippen LogP contribution < -0.4 is 0 Å². The van der Waals surface area contributed by atoms with Gasteiger partial charge >= 0.3 is 0 Å². The largest absolute Gasteiger partial charge is 0.508 e. The van der Waals surface area contributed by atoms with Gasteiger partial charge in [0, 0.05) is 0 Å². The van der Waals surface area contributed by atoms with Crippen LogP contribution in [0.15, 0.2) is 78.9 Å². The smallest absolute Gasteiger partial charge is 0.115 e. The predicted molar refractivity (Wildman–Crippen MR) is 119 cm³/mol. The Balaban J connectivity index is 0.000000206. The van der Waals surface area contributed by atoms with Crippen LogP contribution in [0.4, 0.5) is 0 Å². The summed E-state index contributed by atoms with van der Waals surface area (Å²) in [6.07, 6.45) is 4.57. The van der Waals surface area contributed by atoms with E-state index in [1.165, 1.54) is 22.3 Å². The highest BCUT2D eigenvalue weighted by molar-refractivity contribution is 5.23. The molecule has 0 saturated heterocycles. The molecule has 0 radical (unpaired) electrons. The van der Waals surface area contributed by atoms with E-state index in [2.05, 4.69) is 76.2 Å². The lowest BCUT2D eigenvalue weighted by atomic mass is 10.1. The first-order chi connectivity index (χ1) is 13.1. The van der Waals surface area contributed by atoms with Crippen LogP contribution >= 0.6 is 0 Å². The Bertz CT molecular complexity index is 619. The van der Waals surface area contributed by atoms with Gasteiger partial charge in [0.25, 0.3) is 0 Å². The van der Waals surface area contributed by atoms with Crippen LogP contribution in [0.5, 0.6) is 5.75 Å². The quantitative estimate of drug-likeness (QED) is 0.529. The average molecular weight is 363 g/mol. The maximum absolute atomic E-state index is 8.63. The van der Waals surface area contributed by atoms with E-state index in [-0.39, 0.29) is 0 Å². The summed E-state index contributed by atoms with van der Waals surface area (Å²) in [5, 5.41) is 8.63. The molecule has 0 unspecified atom stereocenters. The van der Waals surface area contributed by atoms with Crippen molar-refractivity contribution in [3.63, 3.8) is 0 Å². The van der Waals surface area contributed by atoms with Crippen molar-refractivity contribution in [2.45, 2.75) is 53.4 Å². The lowest BCUT2D eigenvalue weighted by molar-refractivity contribution is 0.475. The summed E-state index contributed by atoms with van der Waals surface area (Å²) in [5.41, 5.74) is 5.71. The van der Waals surface area contributed by atoms with Crippen LogP contribution in [0.1, 0.15) is 49.9 Å². The molecule has 3 aromatic rings. The molecule has 3 rings (SSSR count). The normalized spacial score (nSPS) is 9.48. The Morgan fingerprint density at radius 1 is 0.444 bits per heavy atom. The standard InChI is InChI=1S/2C10H14.C6H6O/c2*1-3-9-5-7-10(4-2)8-6-9;7-6-4-2-1-3-5-6/h2*5-8H,3-4H2,1-2H3;1-5,7H. The monoisotopic (exact) mass is 362 g/mol. The number of para-hydroxylation sites is 1. The van der Waals surface area contributed by atoms with E-state index in [1.54, 1.807) is 24.3 Å². The van der Waals surface area contributed by atoms with Crippen molar-refractivity contribution in [2.75, 3.05) is 0 Å². The molecule has 3 aromatic carbocycles. The van der Waals surface area contributed by atoms with Gasteiger partial charge in [0.2, 0.25) is 0 Å². The van der Waals surface area contributed by atoms with Crippen LogP contribution in [0.2, 0.25) is 0 Å². The Kier molecular flexibility index (Phi) is 11.4. The second kappa shape index (κ2) is 13.6. The summed E-state index contributed by atoms with van der Waals surface area (Å²) in [5.74, 6) is 0.322. The van der Waals surface area contributed by atoms with E-state index in [4.69, 9.17) is 5.11 Å². The molecule has 144 valence electrons. The summed E-state index contributed by atoms with van der Waals surface area (Å²) < 4.78 is 0. The van der Waals surface area contributed by atoms with Crippen LogP contribution in [-0.2, 0) is 25.7 Å². The second-order valence-electron chi connectivity index (χ2n) is 6.38. The molecule has 0 aliphatic rings. The number of hydrogen-bond donors (Lipinski definition) is 1. The maximum atomic E-state index is 8.63. The van der Waals surface area contributed by atoms with Crippen molar-refractivity contribution in [2.24, 2.45) is 0 Å². The number of aryl methyl sites for hydroxylation is 4. The lowest BCUT2D eigenvalue weighted by Gasteiger charge is -1.97. The fourth-order valence-corrected chi connectivity index (χ4v) is 2.45. The maximum Gasteiger partial charge on any atom is 0.115 e. The van der Waals surface area contributed by atoms with E-state index >= 15 is 0 Å². The van der Waals surface area contributed by atoms with Crippen molar-refractivity contribution in [3.05, 3.63) is 101 Å². The van der Waals surface area contributed by atoms with Gasteiger partial charge in [-0.15, -0.1) is 0 Å². The highest BCUT2D eigenvalue weighted by atomic mass is 16.3. The molecule has 0 aliphatic carbocycles. The van der Waals surface area contributed by atoms with Gasteiger partial charge in [-0.25, -0.2) is 0 Å². The zero-order valence-electron chi connectivity index (χ0n) is 17.3. The third-order valence-corrected chi connectivity index (χ3v) is 4.44. The molecule has 0 saturated carbocycles. The molecule has 0 bridgehead atoms. The van der Waals surface area contributed by atoms with Gasteiger partial charge in [0.05, 0.1) is 0 Å². The Morgan fingerprint density at radius 3 is 0.852 bits per heavy atom. The summed E-state index contributed by atoms with van der Waals surface area (Å²) in [7, 11) is 0. The van der Waals surface area contributed by atoms with Crippen molar-refractivity contribution in [3.8, 4) is 5.75 Å². The first kappa shape index (κ1) is 22.5. The van der Waals surface area contributed by atoms with Crippen LogP contribution in [0.3, 0.4) is 0 Å². The molecule has 0 spiro atoms. The first-order valence-electron chi connectivity index (χ1n) is 10.0. The summed E-state index contributed by atoms with van der Waals surface area (Å²) in [6.45, 7) is 8.73. The van der Waals surface area contributed by atoms with Gasteiger partial charge < -0.3 is 5.11 Å². The van der Waals surface area contributed by atoms with Crippen molar-refractivity contribution in [1.29, 1.82) is 0 Å². The minimum Gasteiger partial charge on any atom is -0.508 e. The predicted octanol–water partition coefficient (Wildman–Crippen LogP) is 7.02. The van der Waals surface area contributed by atoms with Crippen LogP contribution in [0.25, 0.3) is 0 Å². The molecule has 27 heavy (non-hydrogen) atoms. The fourth-order valence-electron chi connectivity index (χ4n) is 2.45. The van der Waals surface area contributed by atoms with Crippen molar-refractivity contribution >= 4 is 0 Å². The van der Waals surface area contributed by atoms with E-state index in [1.807, 2.05) is 6.07 Å². The molecule has 0 fully saturated rings. The molecule has 0 amide bonds. The first-order valence-corrected chi connectivity index (χ1v) is 10.0. The summed E-state index contributed by atoms with van der Waals surface area (Å²) in [6, 6.07) is 26.4. The molecule has 0 aromatic heterocycles. The third-order valence-electron chi connectivity index (χ3n) is 4.44. The minimum atomic E-state index is 0.322. The number of benzene rings is 3. The van der Waals surface area contributed by atoms with E-state index in [0.29, 0.717) is 5.75 Å². The lowest BCUT2D eigenvalue weighted by Crippen LogP contribution is -1.81. The van der Waals surface area contributed by atoms with E-state index < -0.39 is 0 Å². The minimum absolute atomic E-state index is 0.322. The van der Waals surface area contributed by atoms with Gasteiger partial charge in [-0.3, -0.25) is 0 Å². The molecule has 0 atom stereocenters.